The van der Waals surface area contributed by atoms with E-state index in [-0.39, 0.29) is 29.2 Å². The van der Waals surface area contributed by atoms with Gasteiger partial charge in [0, 0.05) is 6.04 Å². The van der Waals surface area contributed by atoms with Crippen LogP contribution in [0.5, 0.6) is 0 Å². The van der Waals surface area contributed by atoms with Crippen LogP contribution in [0.3, 0.4) is 0 Å². The molecule has 1 aromatic carbocycles. The fraction of sp³-hybridized carbons (Fsp3) is 0.429. The molecule has 2 atom stereocenters. The predicted molar refractivity (Wildman–Crippen MR) is 67.8 cm³/mol. The minimum Gasteiger partial charge on any atom is -0.469 e. The van der Waals surface area contributed by atoms with E-state index in [1.807, 2.05) is 0 Å². The third kappa shape index (κ3) is 2.87. The van der Waals surface area contributed by atoms with Gasteiger partial charge < -0.3 is 10.1 Å². The summed E-state index contributed by atoms with van der Waals surface area (Å²) in [7, 11) is 1.32. The fourth-order valence-corrected chi connectivity index (χ4v) is 2.47. The van der Waals surface area contributed by atoms with Crippen LogP contribution >= 0.6 is 0 Å². The molecule has 6 heteroatoms. The fourth-order valence-electron chi connectivity index (χ4n) is 2.47. The molecule has 1 aliphatic rings. The van der Waals surface area contributed by atoms with Crippen molar-refractivity contribution < 1.29 is 18.3 Å². The molecule has 106 valence electrons. The largest absolute Gasteiger partial charge is 0.469 e. The van der Waals surface area contributed by atoms with Gasteiger partial charge in [-0.2, -0.15) is 5.26 Å². The molecule has 1 aromatic rings. The average molecular weight is 280 g/mol. The van der Waals surface area contributed by atoms with E-state index in [1.54, 1.807) is 6.07 Å². The van der Waals surface area contributed by atoms with Crippen LogP contribution in [0.4, 0.5) is 14.5 Å². The van der Waals surface area contributed by atoms with Gasteiger partial charge in [0.05, 0.1) is 24.7 Å². The number of ether oxygens (including phenoxy) is 1. The minimum absolute atomic E-state index is 0.0654. The molecular weight excluding hydrogens is 266 g/mol. The normalized spacial score (nSPS) is 21.3. The first-order valence-electron chi connectivity index (χ1n) is 6.28. The third-order valence-electron chi connectivity index (χ3n) is 3.49. The Morgan fingerprint density at radius 2 is 2.05 bits per heavy atom. The Morgan fingerprint density at radius 1 is 1.40 bits per heavy atom. The molecule has 0 radical (unpaired) electrons. The molecule has 0 bridgehead atoms. The van der Waals surface area contributed by atoms with Crippen LogP contribution in [0.1, 0.15) is 24.8 Å². The standard InChI is InChI=1S/C14H14F2N2O2/c1-20-14(19)9-2-3-10(6-9)18-13-11(15)4-8(7-17)5-12(13)16/h4-5,9-10,18H,2-3,6H2,1H3/t9-,10+/m0/s1. The van der Waals surface area contributed by atoms with Gasteiger partial charge in [0.25, 0.3) is 0 Å². The SMILES string of the molecule is COC(=O)[C@H]1CC[C@@H](Nc2c(F)cc(C#N)cc2F)C1. The van der Waals surface area contributed by atoms with Crippen molar-refractivity contribution >= 4 is 11.7 Å². The van der Waals surface area contributed by atoms with Gasteiger partial charge in [-0.05, 0) is 31.4 Å². The molecule has 2 rings (SSSR count). The van der Waals surface area contributed by atoms with E-state index in [2.05, 4.69) is 10.1 Å². The first-order valence-corrected chi connectivity index (χ1v) is 6.28. The number of rotatable bonds is 3. The Bertz CT molecular complexity index is 546. The highest BCUT2D eigenvalue weighted by Gasteiger charge is 2.31. The van der Waals surface area contributed by atoms with Crippen LogP contribution in [0.25, 0.3) is 0 Å². The molecule has 0 heterocycles. The number of nitriles is 1. The number of hydrogen-bond donors (Lipinski definition) is 1. The summed E-state index contributed by atoms with van der Waals surface area (Å²) in [6, 6.07) is 3.47. The lowest BCUT2D eigenvalue weighted by atomic mass is 10.1. The number of nitrogens with one attached hydrogen (secondary N) is 1. The van der Waals surface area contributed by atoms with Crippen LogP contribution in [-0.4, -0.2) is 19.1 Å². The molecule has 0 aliphatic heterocycles. The number of halogens is 2. The van der Waals surface area contributed by atoms with Crippen molar-refractivity contribution in [3.05, 3.63) is 29.3 Å². The van der Waals surface area contributed by atoms with Gasteiger partial charge in [0.2, 0.25) is 0 Å². The summed E-state index contributed by atoms with van der Waals surface area (Å²) < 4.78 is 32.1. The monoisotopic (exact) mass is 280 g/mol. The number of esters is 1. The van der Waals surface area contributed by atoms with Crippen molar-refractivity contribution in [1.29, 1.82) is 5.26 Å². The van der Waals surface area contributed by atoms with E-state index in [0.717, 1.165) is 12.1 Å². The van der Waals surface area contributed by atoms with E-state index in [1.165, 1.54) is 7.11 Å². The van der Waals surface area contributed by atoms with Crippen LogP contribution in [0.2, 0.25) is 0 Å². The molecule has 1 saturated carbocycles. The third-order valence-corrected chi connectivity index (χ3v) is 3.49. The van der Waals surface area contributed by atoms with Gasteiger partial charge in [0.15, 0.2) is 11.6 Å². The van der Waals surface area contributed by atoms with Gasteiger partial charge in [-0.3, -0.25) is 4.79 Å². The smallest absolute Gasteiger partial charge is 0.308 e. The summed E-state index contributed by atoms with van der Waals surface area (Å²) in [6.07, 6.45) is 1.74. The van der Waals surface area contributed by atoms with Crippen molar-refractivity contribution in [2.24, 2.45) is 5.92 Å². The topological polar surface area (TPSA) is 62.1 Å². The minimum atomic E-state index is -0.803. The van der Waals surface area contributed by atoms with Crippen molar-refractivity contribution in [3.63, 3.8) is 0 Å². The Labute approximate surface area is 115 Å². The maximum Gasteiger partial charge on any atom is 0.308 e. The van der Waals surface area contributed by atoms with Crippen LogP contribution in [0, 0.1) is 28.9 Å². The second-order valence-corrected chi connectivity index (χ2v) is 4.80. The Kier molecular flexibility index (Phi) is 4.18. The highest BCUT2D eigenvalue weighted by atomic mass is 19.1. The van der Waals surface area contributed by atoms with Crippen LogP contribution in [-0.2, 0) is 9.53 Å². The van der Waals surface area contributed by atoms with Crippen molar-refractivity contribution in [3.8, 4) is 6.07 Å². The number of methoxy groups -OCH3 is 1. The Morgan fingerprint density at radius 3 is 2.60 bits per heavy atom. The second-order valence-electron chi connectivity index (χ2n) is 4.80. The molecule has 0 saturated heterocycles. The van der Waals surface area contributed by atoms with Crippen LogP contribution in [0.15, 0.2) is 12.1 Å². The van der Waals surface area contributed by atoms with E-state index >= 15 is 0 Å². The Hall–Kier alpha value is -2.16. The van der Waals surface area contributed by atoms with Crippen molar-refractivity contribution in [1.82, 2.24) is 0 Å². The summed E-state index contributed by atoms with van der Waals surface area (Å²) in [5, 5.41) is 11.4. The molecule has 0 aromatic heterocycles. The molecule has 1 aliphatic carbocycles. The number of anilines is 1. The summed E-state index contributed by atoms with van der Waals surface area (Å²) >= 11 is 0. The zero-order chi connectivity index (χ0) is 14.7. The summed E-state index contributed by atoms with van der Waals surface area (Å²) in [4.78, 5) is 11.4. The maximum absolute atomic E-state index is 13.7. The summed E-state index contributed by atoms with van der Waals surface area (Å²) in [5.74, 6) is -2.14. The molecule has 4 nitrogen and oxygen atoms in total. The highest BCUT2D eigenvalue weighted by molar-refractivity contribution is 5.72. The van der Waals surface area contributed by atoms with Gasteiger partial charge >= 0.3 is 5.97 Å². The number of benzene rings is 1. The summed E-state index contributed by atoms with van der Waals surface area (Å²) in [5.41, 5.74) is -0.316. The number of nitrogens with zero attached hydrogens (tertiary/aromatic N) is 1. The lowest BCUT2D eigenvalue weighted by molar-refractivity contribution is -0.145. The Balaban J connectivity index is 2.09. The number of carbonyl (C=O) groups excluding carboxylic acids is 1. The zero-order valence-electron chi connectivity index (χ0n) is 11.0. The average Bonchev–Trinajstić information content (AvgIpc) is 2.90. The molecule has 0 amide bonds. The summed E-state index contributed by atoms with van der Waals surface area (Å²) in [6.45, 7) is 0. The highest BCUT2D eigenvalue weighted by Crippen LogP contribution is 2.31. The van der Waals surface area contributed by atoms with Gasteiger partial charge in [-0.15, -0.1) is 0 Å². The number of carbonyl (C=O) groups is 1. The van der Waals surface area contributed by atoms with E-state index in [0.29, 0.717) is 19.3 Å². The van der Waals surface area contributed by atoms with E-state index in [4.69, 9.17) is 5.26 Å². The van der Waals surface area contributed by atoms with Crippen molar-refractivity contribution in [2.75, 3.05) is 12.4 Å². The molecule has 0 spiro atoms. The van der Waals surface area contributed by atoms with Gasteiger partial charge in [-0.25, -0.2) is 8.78 Å². The molecule has 1 N–H and O–H groups in total. The van der Waals surface area contributed by atoms with E-state index in [9.17, 15) is 13.6 Å². The van der Waals surface area contributed by atoms with Crippen molar-refractivity contribution in [2.45, 2.75) is 25.3 Å². The zero-order valence-corrected chi connectivity index (χ0v) is 11.0. The first kappa shape index (κ1) is 14.3. The molecular formula is C14H14F2N2O2. The molecule has 0 unspecified atom stereocenters. The van der Waals surface area contributed by atoms with E-state index < -0.39 is 11.6 Å². The predicted octanol–water partition coefficient (Wildman–Crippen LogP) is 2.59. The lowest BCUT2D eigenvalue weighted by Crippen LogP contribution is -2.20. The lowest BCUT2D eigenvalue weighted by Gasteiger charge is -2.15. The van der Waals surface area contributed by atoms with Gasteiger partial charge in [-0.1, -0.05) is 0 Å². The van der Waals surface area contributed by atoms with Crippen LogP contribution < -0.4 is 5.32 Å². The quantitative estimate of drug-likeness (QED) is 0.864. The number of hydrogen-bond acceptors (Lipinski definition) is 4. The molecule has 1 fully saturated rings. The first-order chi connectivity index (χ1) is 9.55. The molecule has 20 heavy (non-hydrogen) atoms. The maximum atomic E-state index is 13.7. The van der Waals surface area contributed by atoms with Gasteiger partial charge in [0.1, 0.15) is 5.69 Å². The second kappa shape index (κ2) is 5.87.